The largest absolute Gasteiger partial charge is 0.397 e. The summed E-state index contributed by atoms with van der Waals surface area (Å²) in [6.07, 6.45) is 0. The number of anilines is 1. The highest BCUT2D eigenvalue weighted by atomic mass is 32.2. The Kier molecular flexibility index (Phi) is 3.04. The Morgan fingerprint density at radius 3 is 2.72 bits per heavy atom. The quantitative estimate of drug-likeness (QED) is 0.789. The first-order chi connectivity index (χ1) is 8.40. The Morgan fingerprint density at radius 2 is 2.11 bits per heavy atom. The number of hydrogen-bond donors (Lipinski definition) is 1. The van der Waals surface area contributed by atoms with Crippen LogP contribution in [-0.2, 0) is 22.6 Å². The number of aromatic nitrogens is 4. The molecule has 1 heterocycles. The minimum absolute atomic E-state index is 0.106. The first-order valence-corrected chi connectivity index (χ1v) is 6.86. The van der Waals surface area contributed by atoms with Gasteiger partial charge in [0, 0.05) is 0 Å². The third-order valence-electron chi connectivity index (χ3n) is 2.49. The fourth-order valence-corrected chi connectivity index (χ4v) is 2.95. The molecule has 0 atom stereocenters. The van der Waals surface area contributed by atoms with Crippen LogP contribution in [0.1, 0.15) is 11.4 Å². The zero-order chi connectivity index (χ0) is 13.3. The van der Waals surface area contributed by atoms with Crippen LogP contribution in [0.3, 0.4) is 0 Å². The summed E-state index contributed by atoms with van der Waals surface area (Å²) in [5, 5.41) is 11.1. The monoisotopic (exact) mass is 267 g/mol. The molecule has 0 bridgehead atoms. The van der Waals surface area contributed by atoms with Gasteiger partial charge >= 0.3 is 0 Å². The number of rotatable bonds is 3. The van der Waals surface area contributed by atoms with Gasteiger partial charge in [0.05, 0.1) is 17.6 Å². The Bertz CT molecular complexity index is 677. The van der Waals surface area contributed by atoms with E-state index in [1.54, 1.807) is 26.1 Å². The molecule has 0 spiro atoms. The van der Waals surface area contributed by atoms with E-state index in [1.807, 2.05) is 0 Å². The molecule has 0 unspecified atom stereocenters. The summed E-state index contributed by atoms with van der Waals surface area (Å²) in [6, 6.07) is 4.89. The maximum absolute atomic E-state index is 12.2. The van der Waals surface area contributed by atoms with E-state index in [0.29, 0.717) is 0 Å². The summed E-state index contributed by atoms with van der Waals surface area (Å²) < 4.78 is 24.4. The third-order valence-corrected chi connectivity index (χ3v) is 4.15. The summed E-state index contributed by atoms with van der Waals surface area (Å²) >= 11 is 0. The Labute approximate surface area is 105 Å². The van der Waals surface area contributed by atoms with E-state index in [4.69, 9.17) is 5.73 Å². The van der Waals surface area contributed by atoms with Gasteiger partial charge in [-0.05, 0) is 23.8 Å². The minimum Gasteiger partial charge on any atom is -0.397 e. The Hall–Kier alpha value is -1.96. The fraction of sp³-hybridized carbons (Fsp3) is 0.300. The highest BCUT2D eigenvalue weighted by Gasteiger charge is 2.21. The van der Waals surface area contributed by atoms with Crippen molar-refractivity contribution in [2.75, 3.05) is 5.73 Å². The average Bonchev–Trinajstić information content (AvgIpc) is 2.67. The molecule has 1 aromatic heterocycles. The second kappa shape index (κ2) is 4.37. The molecule has 0 aliphatic heterocycles. The van der Waals surface area contributed by atoms with Gasteiger partial charge < -0.3 is 5.73 Å². The molecule has 0 saturated carbocycles. The molecule has 8 heteroatoms. The summed E-state index contributed by atoms with van der Waals surface area (Å²) in [5.41, 5.74) is 6.78. The van der Waals surface area contributed by atoms with Gasteiger partial charge in [-0.15, -0.1) is 10.2 Å². The van der Waals surface area contributed by atoms with Gasteiger partial charge in [0.25, 0.3) is 0 Å². The van der Waals surface area contributed by atoms with E-state index in [9.17, 15) is 8.42 Å². The molecule has 0 amide bonds. The van der Waals surface area contributed by atoms with E-state index < -0.39 is 9.84 Å². The molecular weight excluding hydrogens is 254 g/mol. The topological polar surface area (TPSA) is 104 Å². The van der Waals surface area contributed by atoms with Gasteiger partial charge in [0.1, 0.15) is 5.75 Å². The van der Waals surface area contributed by atoms with Gasteiger partial charge in [-0.2, -0.15) is 4.80 Å². The SMILES string of the molecule is Cc1cccc(S(=O)(=O)Cc2nnn(C)n2)c1N. The van der Waals surface area contributed by atoms with E-state index in [0.717, 1.165) is 5.56 Å². The van der Waals surface area contributed by atoms with E-state index >= 15 is 0 Å². The van der Waals surface area contributed by atoms with Gasteiger partial charge in [-0.3, -0.25) is 0 Å². The predicted molar refractivity (Wildman–Crippen MR) is 65.3 cm³/mol. The van der Waals surface area contributed by atoms with Crippen molar-refractivity contribution < 1.29 is 8.42 Å². The Morgan fingerprint density at radius 1 is 1.39 bits per heavy atom. The second-order valence-corrected chi connectivity index (χ2v) is 5.90. The van der Waals surface area contributed by atoms with Crippen LogP contribution < -0.4 is 5.73 Å². The lowest BCUT2D eigenvalue weighted by Gasteiger charge is -2.07. The number of nitrogens with two attached hydrogens (primary N) is 1. The third kappa shape index (κ3) is 2.33. The van der Waals surface area contributed by atoms with Crippen molar-refractivity contribution in [3.8, 4) is 0 Å². The van der Waals surface area contributed by atoms with Crippen LogP contribution in [0.2, 0.25) is 0 Å². The van der Waals surface area contributed by atoms with Crippen LogP contribution in [0, 0.1) is 6.92 Å². The molecule has 0 radical (unpaired) electrons. The average molecular weight is 267 g/mol. The first-order valence-electron chi connectivity index (χ1n) is 5.21. The smallest absolute Gasteiger partial charge is 0.190 e. The first kappa shape index (κ1) is 12.5. The number of nitrogens with zero attached hydrogens (tertiary/aromatic N) is 4. The zero-order valence-corrected chi connectivity index (χ0v) is 10.8. The molecule has 2 rings (SSSR count). The van der Waals surface area contributed by atoms with Crippen LogP contribution >= 0.6 is 0 Å². The van der Waals surface area contributed by atoms with Crippen molar-refractivity contribution >= 4 is 15.5 Å². The van der Waals surface area contributed by atoms with Crippen molar-refractivity contribution in [1.82, 2.24) is 20.2 Å². The molecule has 0 fully saturated rings. The molecule has 18 heavy (non-hydrogen) atoms. The lowest BCUT2D eigenvalue weighted by atomic mass is 10.2. The normalized spacial score (nSPS) is 11.7. The van der Waals surface area contributed by atoms with Crippen molar-refractivity contribution in [2.24, 2.45) is 7.05 Å². The summed E-state index contributed by atoms with van der Waals surface area (Å²) in [7, 11) is -1.98. The predicted octanol–water partition coefficient (Wildman–Crippen LogP) is 0.0746. The summed E-state index contributed by atoms with van der Waals surface area (Å²) in [6.45, 7) is 1.76. The van der Waals surface area contributed by atoms with Crippen molar-refractivity contribution in [3.63, 3.8) is 0 Å². The Balaban J connectivity index is 2.40. The number of benzene rings is 1. The number of sulfone groups is 1. The molecule has 1 aromatic carbocycles. The maximum Gasteiger partial charge on any atom is 0.190 e. The van der Waals surface area contributed by atoms with Crippen LogP contribution in [0.15, 0.2) is 23.1 Å². The lowest BCUT2D eigenvalue weighted by molar-refractivity contribution is 0.593. The van der Waals surface area contributed by atoms with E-state index in [2.05, 4.69) is 15.4 Å². The van der Waals surface area contributed by atoms with Gasteiger partial charge in [-0.25, -0.2) is 8.42 Å². The lowest BCUT2D eigenvalue weighted by Crippen LogP contribution is -2.10. The molecule has 0 aliphatic carbocycles. The molecule has 0 saturated heterocycles. The van der Waals surface area contributed by atoms with Crippen LogP contribution in [0.5, 0.6) is 0 Å². The highest BCUT2D eigenvalue weighted by molar-refractivity contribution is 7.90. The zero-order valence-electron chi connectivity index (χ0n) is 10.0. The van der Waals surface area contributed by atoms with Crippen molar-refractivity contribution in [1.29, 1.82) is 0 Å². The minimum atomic E-state index is -3.56. The molecule has 2 N–H and O–H groups in total. The number of tetrazole rings is 1. The van der Waals surface area contributed by atoms with E-state index in [1.165, 1.54) is 10.9 Å². The van der Waals surface area contributed by atoms with E-state index in [-0.39, 0.29) is 22.2 Å². The fourth-order valence-electron chi connectivity index (χ4n) is 1.55. The van der Waals surface area contributed by atoms with Gasteiger partial charge in [0.15, 0.2) is 15.7 Å². The van der Waals surface area contributed by atoms with Crippen LogP contribution in [0.4, 0.5) is 5.69 Å². The number of hydrogen-bond acceptors (Lipinski definition) is 6. The van der Waals surface area contributed by atoms with Gasteiger partial charge in [-0.1, -0.05) is 12.1 Å². The molecule has 96 valence electrons. The standard InChI is InChI=1S/C10H13N5O2S/c1-7-4-3-5-8(10(7)11)18(16,17)6-9-12-14-15(2)13-9/h3-5H,6,11H2,1-2H3. The second-order valence-electron chi connectivity index (χ2n) is 3.94. The van der Waals surface area contributed by atoms with Crippen LogP contribution in [-0.4, -0.2) is 28.6 Å². The van der Waals surface area contributed by atoms with Gasteiger partial charge in [0.2, 0.25) is 0 Å². The molecule has 7 nitrogen and oxygen atoms in total. The molecule has 0 aliphatic rings. The number of nitrogen functional groups attached to an aromatic ring is 1. The van der Waals surface area contributed by atoms with Crippen molar-refractivity contribution in [3.05, 3.63) is 29.6 Å². The summed E-state index contributed by atoms with van der Waals surface area (Å²) in [4.78, 5) is 1.32. The highest BCUT2D eigenvalue weighted by Crippen LogP contribution is 2.24. The number of para-hydroxylation sites is 1. The number of aryl methyl sites for hydroxylation is 2. The molecular formula is C10H13N5O2S. The molecule has 2 aromatic rings. The maximum atomic E-state index is 12.2. The van der Waals surface area contributed by atoms with Crippen molar-refractivity contribution in [2.45, 2.75) is 17.6 Å². The summed E-state index contributed by atoms with van der Waals surface area (Å²) in [5.74, 6) is -0.160. The van der Waals surface area contributed by atoms with Crippen LogP contribution in [0.25, 0.3) is 0 Å².